The highest BCUT2D eigenvalue weighted by Crippen LogP contribution is 2.37. The largest absolute Gasteiger partial charge is 0.508 e. The highest BCUT2D eigenvalue weighted by atomic mass is 79.9. The van der Waals surface area contributed by atoms with Crippen LogP contribution in [0.5, 0.6) is 11.5 Å². The van der Waals surface area contributed by atoms with Gasteiger partial charge in [-0.2, -0.15) is 0 Å². The average molecular weight is 324 g/mol. The van der Waals surface area contributed by atoms with Crippen LogP contribution in [-0.4, -0.2) is 11.7 Å². The topological polar surface area (TPSA) is 41.5 Å². The summed E-state index contributed by atoms with van der Waals surface area (Å²) in [6, 6.07) is 9.53. The Bertz CT molecular complexity index is 633. The fraction of sp³-hybridized carbons (Fsp3) is 0.143. The molecule has 2 aromatic carbocycles. The van der Waals surface area contributed by atoms with Crippen LogP contribution in [0.1, 0.15) is 11.6 Å². The average Bonchev–Trinajstić information content (AvgIpc) is 2.75. The molecule has 1 unspecified atom stereocenters. The molecule has 1 heterocycles. The summed E-state index contributed by atoms with van der Waals surface area (Å²) in [5.41, 5.74) is 1.78. The molecule has 1 aliphatic heterocycles. The summed E-state index contributed by atoms with van der Waals surface area (Å²) in [5, 5.41) is 12.7. The number of nitrogens with one attached hydrogen (secondary N) is 1. The molecule has 5 heteroatoms. The molecule has 2 aromatic rings. The van der Waals surface area contributed by atoms with Gasteiger partial charge in [0.15, 0.2) is 0 Å². The first-order valence-electron chi connectivity index (χ1n) is 5.81. The molecule has 0 amide bonds. The van der Waals surface area contributed by atoms with Gasteiger partial charge in [-0.1, -0.05) is 0 Å². The van der Waals surface area contributed by atoms with E-state index in [0.717, 1.165) is 11.3 Å². The number of hydrogen-bond donors (Lipinski definition) is 2. The molecule has 19 heavy (non-hydrogen) atoms. The summed E-state index contributed by atoms with van der Waals surface area (Å²) in [5.74, 6) is 0.573. The maximum atomic E-state index is 13.0. The lowest BCUT2D eigenvalue weighted by molar-refractivity contribution is 0.338. The van der Waals surface area contributed by atoms with Gasteiger partial charge in [-0.25, -0.2) is 4.39 Å². The van der Waals surface area contributed by atoms with Crippen LogP contribution < -0.4 is 10.1 Å². The van der Waals surface area contributed by atoms with E-state index in [1.165, 1.54) is 12.1 Å². The van der Waals surface area contributed by atoms with Crippen molar-refractivity contribution in [2.45, 2.75) is 6.04 Å². The highest BCUT2D eigenvalue weighted by molar-refractivity contribution is 9.10. The Kier molecular flexibility index (Phi) is 3.06. The first-order chi connectivity index (χ1) is 9.13. The van der Waals surface area contributed by atoms with Crippen LogP contribution in [0.15, 0.2) is 40.9 Å². The van der Waals surface area contributed by atoms with E-state index in [2.05, 4.69) is 21.2 Å². The SMILES string of the molecule is Oc1ccc2c(c1)OCC2Nc1ccc(F)cc1Br. The minimum Gasteiger partial charge on any atom is -0.508 e. The fourth-order valence-corrected chi connectivity index (χ4v) is 2.58. The minimum absolute atomic E-state index is 0.0163. The molecule has 1 atom stereocenters. The molecule has 3 rings (SSSR count). The number of phenolic OH excluding ortho intramolecular Hbond substituents is 1. The van der Waals surface area contributed by atoms with Gasteiger partial charge in [-0.15, -0.1) is 0 Å². The molecule has 0 bridgehead atoms. The lowest BCUT2D eigenvalue weighted by atomic mass is 10.1. The maximum absolute atomic E-state index is 13.0. The third kappa shape index (κ3) is 2.38. The Balaban J connectivity index is 1.86. The molecular weight excluding hydrogens is 313 g/mol. The van der Waals surface area contributed by atoms with Crippen molar-refractivity contribution in [1.82, 2.24) is 0 Å². The normalized spacial score (nSPS) is 16.8. The number of anilines is 1. The predicted molar refractivity (Wildman–Crippen MR) is 74.1 cm³/mol. The van der Waals surface area contributed by atoms with E-state index in [1.807, 2.05) is 6.07 Å². The Morgan fingerprint density at radius 2 is 2.11 bits per heavy atom. The number of fused-ring (bicyclic) bond motifs is 1. The molecular formula is C14H11BrFNO2. The summed E-state index contributed by atoms with van der Waals surface area (Å²) in [6.07, 6.45) is 0. The van der Waals surface area contributed by atoms with Gasteiger partial charge in [-0.05, 0) is 46.3 Å². The zero-order valence-corrected chi connectivity index (χ0v) is 11.4. The van der Waals surface area contributed by atoms with Crippen molar-refractivity contribution in [1.29, 1.82) is 0 Å². The maximum Gasteiger partial charge on any atom is 0.128 e. The van der Waals surface area contributed by atoms with Crippen LogP contribution in [0.25, 0.3) is 0 Å². The molecule has 2 N–H and O–H groups in total. The lowest BCUT2D eigenvalue weighted by Gasteiger charge is -2.14. The minimum atomic E-state index is -0.287. The lowest BCUT2D eigenvalue weighted by Crippen LogP contribution is -2.12. The molecule has 0 aliphatic carbocycles. The number of ether oxygens (including phenoxy) is 1. The number of hydrogen-bond acceptors (Lipinski definition) is 3. The van der Waals surface area contributed by atoms with E-state index in [9.17, 15) is 9.50 Å². The van der Waals surface area contributed by atoms with E-state index in [-0.39, 0.29) is 17.6 Å². The van der Waals surface area contributed by atoms with E-state index >= 15 is 0 Å². The quantitative estimate of drug-likeness (QED) is 0.882. The van der Waals surface area contributed by atoms with E-state index in [4.69, 9.17) is 4.74 Å². The van der Waals surface area contributed by atoms with Gasteiger partial charge < -0.3 is 15.2 Å². The van der Waals surface area contributed by atoms with Gasteiger partial charge in [0.2, 0.25) is 0 Å². The number of phenols is 1. The van der Waals surface area contributed by atoms with Gasteiger partial charge in [0.1, 0.15) is 23.9 Å². The van der Waals surface area contributed by atoms with Gasteiger partial charge >= 0.3 is 0 Å². The number of aromatic hydroxyl groups is 1. The molecule has 0 saturated carbocycles. The third-order valence-electron chi connectivity index (χ3n) is 3.04. The first-order valence-corrected chi connectivity index (χ1v) is 6.60. The number of rotatable bonds is 2. The second-order valence-electron chi connectivity index (χ2n) is 4.35. The second kappa shape index (κ2) is 4.74. The molecule has 1 aliphatic rings. The standard InChI is InChI=1S/C14H11BrFNO2/c15-11-5-8(16)1-4-12(11)17-13-7-19-14-6-9(18)2-3-10(13)14/h1-6,13,17-18H,7H2. The van der Waals surface area contributed by atoms with Crippen LogP contribution in [0.3, 0.4) is 0 Å². The number of halogens is 2. The Hall–Kier alpha value is -1.75. The van der Waals surface area contributed by atoms with E-state index in [0.29, 0.717) is 16.8 Å². The Morgan fingerprint density at radius 1 is 1.26 bits per heavy atom. The van der Waals surface area contributed by atoms with Crippen molar-refractivity contribution < 1.29 is 14.2 Å². The molecule has 0 radical (unpaired) electrons. The molecule has 3 nitrogen and oxygen atoms in total. The Labute approximate surface area is 118 Å². The van der Waals surface area contributed by atoms with Crippen LogP contribution in [0.2, 0.25) is 0 Å². The predicted octanol–water partition coefficient (Wildman–Crippen LogP) is 3.84. The second-order valence-corrected chi connectivity index (χ2v) is 5.21. The smallest absolute Gasteiger partial charge is 0.128 e. The molecule has 98 valence electrons. The summed E-state index contributed by atoms with van der Waals surface area (Å²) in [6.45, 7) is 0.475. The van der Waals surface area contributed by atoms with Crippen LogP contribution in [0.4, 0.5) is 10.1 Å². The summed E-state index contributed by atoms with van der Waals surface area (Å²) >= 11 is 3.32. The molecule has 0 spiro atoms. The van der Waals surface area contributed by atoms with Gasteiger partial charge in [0.25, 0.3) is 0 Å². The highest BCUT2D eigenvalue weighted by Gasteiger charge is 2.24. The molecule has 0 aromatic heterocycles. The molecule has 0 fully saturated rings. The summed E-state index contributed by atoms with van der Waals surface area (Å²) in [4.78, 5) is 0. The fourth-order valence-electron chi connectivity index (χ4n) is 2.11. The van der Waals surface area contributed by atoms with Crippen molar-refractivity contribution in [3.8, 4) is 11.5 Å². The number of benzene rings is 2. The van der Waals surface area contributed by atoms with Crippen LogP contribution in [-0.2, 0) is 0 Å². The zero-order valence-electron chi connectivity index (χ0n) is 9.86. The van der Waals surface area contributed by atoms with E-state index in [1.54, 1.807) is 18.2 Å². The first kappa shape index (κ1) is 12.3. The van der Waals surface area contributed by atoms with Crippen LogP contribution in [0, 0.1) is 5.82 Å². The van der Waals surface area contributed by atoms with Crippen molar-refractivity contribution in [2.24, 2.45) is 0 Å². The third-order valence-corrected chi connectivity index (χ3v) is 3.70. The van der Waals surface area contributed by atoms with Crippen LogP contribution >= 0.6 is 15.9 Å². The molecule has 0 saturated heterocycles. The Morgan fingerprint density at radius 3 is 2.89 bits per heavy atom. The van der Waals surface area contributed by atoms with Gasteiger partial charge in [0, 0.05) is 21.8 Å². The van der Waals surface area contributed by atoms with Gasteiger partial charge in [-0.3, -0.25) is 0 Å². The monoisotopic (exact) mass is 323 g/mol. The van der Waals surface area contributed by atoms with E-state index < -0.39 is 0 Å². The van der Waals surface area contributed by atoms with Crippen molar-refractivity contribution >= 4 is 21.6 Å². The summed E-state index contributed by atoms with van der Waals surface area (Å²) in [7, 11) is 0. The zero-order chi connectivity index (χ0) is 13.4. The van der Waals surface area contributed by atoms with Crippen molar-refractivity contribution in [2.75, 3.05) is 11.9 Å². The van der Waals surface area contributed by atoms with Crippen molar-refractivity contribution in [3.63, 3.8) is 0 Å². The van der Waals surface area contributed by atoms with Crippen molar-refractivity contribution in [3.05, 3.63) is 52.3 Å². The van der Waals surface area contributed by atoms with Gasteiger partial charge in [0.05, 0.1) is 6.04 Å². The summed E-state index contributed by atoms with van der Waals surface area (Å²) < 4.78 is 19.2.